The van der Waals surface area contributed by atoms with Crippen molar-refractivity contribution in [1.82, 2.24) is 4.90 Å². The Morgan fingerprint density at radius 2 is 1.85 bits per heavy atom. The van der Waals surface area contributed by atoms with Gasteiger partial charge in [-0.1, -0.05) is 20.8 Å². The first kappa shape index (κ1) is 12.9. The van der Waals surface area contributed by atoms with Gasteiger partial charge in [-0.15, -0.1) is 0 Å². The Morgan fingerprint density at radius 1 is 1.23 bits per heavy atom. The van der Waals surface area contributed by atoms with Gasteiger partial charge in [-0.25, -0.2) is 0 Å². The van der Waals surface area contributed by atoms with E-state index < -0.39 is 0 Å². The molecule has 0 atom stereocenters. The molecule has 0 aliphatic heterocycles. The molecule has 80 valence electrons. The van der Waals surface area contributed by atoms with E-state index in [1.54, 1.807) is 0 Å². The molecule has 1 N–H and O–H groups in total. The van der Waals surface area contributed by atoms with Crippen LogP contribution in [0.1, 0.15) is 20.8 Å². The first-order valence-corrected chi connectivity index (χ1v) is 4.83. The smallest absolute Gasteiger partial charge is 0.0698 e. The monoisotopic (exact) mass is 189 g/mol. The van der Waals surface area contributed by atoms with Crippen LogP contribution in [0.5, 0.6) is 0 Å². The van der Waals surface area contributed by atoms with Crippen LogP contribution >= 0.6 is 0 Å². The predicted octanol–water partition coefficient (Wildman–Crippen LogP) is 0.973. The van der Waals surface area contributed by atoms with Gasteiger partial charge in [0.15, 0.2) is 0 Å². The van der Waals surface area contributed by atoms with Crippen molar-refractivity contribution >= 4 is 0 Å². The van der Waals surface area contributed by atoms with Crippen molar-refractivity contribution in [2.45, 2.75) is 20.8 Å². The Bertz CT molecular complexity index is 121. The lowest BCUT2D eigenvalue weighted by atomic mass is 9.96. The van der Waals surface area contributed by atoms with E-state index in [0.717, 1.165) is 13.1 Å². The normalized spacial score (nSPS) is 12.5. The molecule has 0 aliphatic carbocycles. The fourth-order valence-electron chi connectivity index (χ4n) is 1.28. The number of aliphatic hydroxyl groups is 1. The zero-order chi connectivity index (χ0) is 10.3. The molecule has 0 aromatic carbocycles. The molecule has 0 radical (unpaired) electrons. The summed E-state index contributed by atoms with van der Waals surface area (Å²) in [6.07, 6.45) is 0. The second kappa shape index (κ2) is 6.35. The molecule has 13 heavy (non-hydrogen) atoms. The van der Waals surface area contributed by atoms with Crippen LogP contribution in [0.3, 0.4) is 0 Å². The minimum absolute atomic E-state index is 0.114. The third-order valence-corrected chi connectivity index (χ3v) is 1.60. The van der Waals surface area contributed by atoms with E-state index in [2.05, 4.69) is 32.7 Å². The van der Waals surface area contributed by atoms with Crippen molar-refractivity contribution in [3.63, 3.8) is 0 Å². The first-order valence-electron chi connectivity index (χ1n) is 4.83. The second-order valence-corrected chi connectivity index (χ2v) is 4.63. The van der Waals surface area contributed by atoms with Crippen LogP contribution in [0.15, 0.2) is 0 Å². The van der Waals surface area contributed by atoms with E-state index in [0.29, 0.717) is 18.6 Å². The molecule has 0 saturated carbocycles. The van der Waals surface area contributed by atoms with Gasteiger partial charge in [0.2, 0.25) is 0 Å². The SMILES string of the molecule is CN(CCOCCO)CC(C)(C)C. The van der Waals surface area contributed by atoms with Gasteiger partial charge in [-0.3, -0.25) is 0 Å². The zero-order valence-electron chi connectivity index (χ0n) is 9.34. The molecule has 3 heteroatoms. The summed E-state index contributed by atoms with van der Waals surface area (Å²) in [6.45, 7) is 9.92. The summed E-state index contributed by atoms with van der Waals surface area (Å²) < 4.78 is 5.18. The Kier molecular flexibility index (Phi) is 6.29. The largest absolute Gasteiger partial charge is 0.394 e. The average molecular weight is 189 g/mol. The lowest BCUT2D eigenvalue weighted by molar-refractivity contribution is 0.0726. The summed E-state index contributed by atoms with van der Waals surface area (Å²) >= 11 is 0. The van der Waals surface area contributed by atoms with Crippen LogP contribution in [0.25, 0.3) is 0 Å². The highest BCUT2D eigenvalue weighted by molar-refractivity contribution is 4.65. The highest BCUT2D eigenvalue weighted by Gasteiger charge is 2.12. The molecule has 0 rings (SSSR count). The van der Waals surface area contributed by atoms with Gasteiger partial charge < -0.3 is 14.7 Å². The van der Waals surface area contributed by atoms with Gasteiger partial charge in [0.25, 0.3) is 0 Å². The fourth-order valence-corrected chi connectivity index (χ4v) is 1.28. The number of ether oxygens (including phenoxy) is 1. The van der Waals surface area contributed by atoms with Crippen molar-refractivity contribution < 1.29 is 9.84 Å². The van der Waals surface area contributed by atoms with Gasteiger partial charge in [-0.05, 0) is 12.5 Å². The van der Waals surface area contributed by atoms with Gasteiger partial charge in [0, 0.05) is 13.1 Å². The molecule has 0 heterocycles. The molecule has 0 amide bonds. The zero-order valence-corrected chi connectivity index (χ0v) is 9.34. The quantitative estimate of drug-likeness (QED) is 0.632. The van der Waals surface area contributed by atoms with Gasteiger partial charge in [0.1, 0.15) is 0 Å². The molecule has 0 fully saturated rings. The van der Waals surface area contributed by atoms with Crippen LogP contribution in [-0.4, -0.2) is 50.0 Å². The molecule has 0 saturated heterocycles. The highest BCUT2D eigenvalue weighted by Crippen LogP contribution is 2.13. The van der Waals surface area contributed by atoms with Gasteiger partial charge >= 0.3 is 0 Å². The minimum Gasteiger partial charge on any atom is -0.394 e. The number of nitrogens with zero attached hydrogens (tertiary/aromatic N) is 1. The third-order valence-electron chi connectivity index (χ3n) is 1.60. The summed E-state index contributed by atoms with van der Waals surface area (Å²) in [6, 6.07) is 0. The maximum Gasteiger partial charge on any atom is 0.0698 e. The summed E-state index contributed by atoms with van der Waals surface area (Å²) in [5.74, 6) is 0. The van der Waals surface area contributed by atoms with E-state index in [1.807, 2.05) is 0 Å². The van der Waals surface area contributed by atoms with Crippen molar-refractivity contribution in [3.8, 4) is 0 Å². The van der Waals surface area contributed by atoms with Gasteiger partial charge in [0.05, 0.1) is 19.8 Å². The molecular weight excluding hydrogens is 166 g/mol. The van der Waals surface area contributed by atoms with Crippen LogP contribution in [0.2, 0.25) is 0 Å². The molecule has 0 spiro atoms. The van der Waals surface area contributed by atoms with Crippen molar-refractivity contribution in [1.29, 1.82) is 0 Å². The molecule has 0 unspecified atom stereocenters. The van der Waals surface area contributed by atoms with E-state index in [1.165, 1.54) is 0 Å². The van der Waals surface area contributed by atoms with E-state index in [-0.39, 0.29) is 6.61 Å². The second-order valence-electron chi connectivity index (χ2n) is 4.63. The third kappa shape index (κ3) is 9.80. The van der Waals surface area contributed by atoms with Crippen molar-refractivity contribution in [3.05, 3.63) is 0 Å². The summed E-state index contributed by atoms with van der Waals surface area (Å²) in [7, 11) is 2.09. The average Bonchev–Trinajstić information content (AvgIpc) is 1.94. The Labute approximate surface area is 81.7 Å². The summed E-state index contributed by atoms with van der Waals surface area (Å²) in [5, 5.41) is 8.48. The van der Waals surface area contributed by atoms with Crippen molar-refractivity contribution in [2.24, 2.45) is 5.41 Å². The standard InChI is InChI=1S/C10H23NO2/c1-10(2,3)9-11(4)5-7-13-8-6-12/h12H,5-9H2,1-4H3. The van der Waals surface area contributed by atoms with E-state index in [4.69, 9.17) is 9.84 Å². The first-order chi connectivity index (χ1) is 5.95. The van der Waals surface area contributed by atoms with Crippen LogP contribution in [0.4, 0.5) is 0 Å². The van der Waals surface area contributed by atoms with Crippen LogP contribution < -0.4 is 0 Å². The number of aliphatic hydroxyl groups excluding tert-OH is 1. The number of likely N-dealkylation sites (N-methyl/N-ethyl adjacent to an activating group) is 1. The molecule has 0 aromatic heterocycles. The van der Waals surface area contributed by atoms with Crippen LogP contribution in [-0.2, 0) is 4.74 Å². The lowest BCUT2D eigenvalue weighted by Gasteiger charge is -2.26. The Morgan fingerprint density at radius 3 is 2.31 bits per heavy atom. The Hall–Kier alpha value is -0.120. The maximum atomic E-state index is 8.48. The lowest BCUT2D eigenvalue weighted by Crippen LogP contribution is -2.32. The number of rotatable bonds is 6. The summed E-state index contributed by atoms with van der Waals surface area (Å²) in [4.78, 5) is 2.25. The fraction of sp³-hybridized carbons (Fsp3) is 1.00. The van der Waals surface area contributed by atoms with E-state index >= 15 is 0 Å². The predicted molar refractivity (Wildman–Crippen MR) is 54.9 cm³/mol. The minimum atomic E-state index is 0.114. The van der Waals surface area contributed by atoms with Gasteiger partial charge in [-0.2, -0.15) is 0 Å². The number of hydrogen-bond donors (Lipinski definition) is 1. The topological polar surface area (TPSA) is 32.7 Å². The molecule has 0 aliphatic rings. The molecule has 0 aromatic rings. The van der Waals surface area contributed by atoms with Crippen molar-refractivity contribution in [2.75, 3.05) is 40.0 Å². The Balaban J connectivity index is 3.35. The molecule has 3 nitrogen and oxygen atoms in total. The highest BCUT2D eigenvalue weighted by atomic mass is 16.5. The van der Waals surface area contributed by atoms with Crippen LogP contribution in [0, 0.1) is 5.41 Å². The number of hydrogen-bond acceptors (Lipinski definition) is 3. The maximum absolute atomic E-state index is 8.48. The van der Waals surface area contributed by atoms with E-state index in [9.17, 15) is 0 Å². The molecular formula is C10H23NO2. The summed E-state index contributed by atoms with van der Waals surface area (Å²) in [5.41, 5.74) is 0.339. The molecule has 0 bridgehead atoms.